The highest BCUT2D eigenvalue weighted by atomic mass is 16.4. The van der Waals surface area contributed by atoms with E-state index in [0.29, 0.717) is 0 Å². The summed E-state index contributed by atoms with van der Waals surface area (Å²) in [5.74, 6) is -3.07. The Morgan fingerprint density at radius 2 is 1.78 bits per heavy atom. The Kier molecular flexibility index (Phi) is 6.86. The highest BCUT2D eigenvalue weighted by molar-refractivity contribution is 5.86. The SMILES string of the molecule is CNC(=O)CCNC(=O)N[C@@H](CC(=O)O)C(=O)O. The van der Waals surface area contributed by atoms with Crippen LogP contribution >= 0.6 is 0 Å². The van der Waals surface area contributed by atoms with E-state index < -0.39 is 30.4 Å². The Morgan fingerprint density at radius 1 is 1.17 bits per heavy atom. The summed E-state index contributed by atoms with van der Waals surface area (Å²) in [7, 11) is 1.44. The van der Waals surface area contributed by atoms with Crippen LogP contribution in [0, 0.1) is 0 Å². The highest BCUT2D eigenvalue weighted by Crippen LogP contribution is 1.92. The van der Waals surface area contributed by atoms with E-state index >= 15 is 0 Å². The van der Waals surface area contributed by atoms with Gasteiger partial charge in [0.1, 0.15) is 6.04 Å². The van der Waals surface area contributed by atoms with Crippen LogP contribution < -0.4 is 16.0 Å². The fraction of sp³-hybridized carbons (Fsp3) is 0.556. The molecule has 102 valence electrons. The molecule has 1 atom stereocenters. The first-order valence-corrected chi connectivity index (χ1v) is 5.06. The van der Waals surface area contributed by atoms with Gasteiger partial charge in [-0.1, -0.05) is 0 Å². The average Bonchev–Trinajstić information content (AvgIpc) is 2.27. The quantitative estimate of drug-likeness (QED) is 0.371. The van der Waals surface area contributed by atoms with Crippen molar-refractivity contribution in [2.45, 2.75) is 18.9 Å². The molecule has 5 N–H and O–H groups in total. The number of carboxylic acids is 2. The minimum Gasteiger partial charge on any atom is -0.481 e. The Labute approximate surface area is 103 Å². The number of urea groups is 1. The molecule has 9 nitrogen and oxygen atoms in total. The first-order chi connectivity index (χ1) is 8.36. The molecule has 0 aliphatic carbocycles. The molecule has 3 amide bonds. The topological polar surface area (TPSA) is 145 Å². The van der Waals surface area contributed by atoms with Gasteiger partial charge in [0, 0.05) is 20.0 Å². The lowest BCUT2D eigenvalue weighted by atomic mass is 10.2. The fourth-order valence-corrected chi connectivity index (χ4v) is 0.999. The van der Waals surface area contributed by atoms with Gasteiger partial charge in [0.2, 0.25) is 5.91 Å². The van der Waals surface area contributed by atoms with Crippen LogP contribution in [-0.4, -0.2) is 53.7 Å². The molecule has 0 spiro atoms. The molecule has 0 fully saturated rings. The minimum atomic E-state index is -1.51. The highest BCUT2D eigenvalue weighted by Gasteiger charge is 2.22. The van der Waals surface area contributed by atoms with Crippen molar-refractivity contribution in [2.75, 3.05) is 13.6 Å². The van der Waals surface area contributed by atoms with Gasteiger partial charge in [-0.2, -0.15) is 0 Å². The van der Waals surface area contributed by atoms with Crippen LogP contribution in [0.3, 0.4) is 0 Å². The number of amides is 3. The molecule has 0 aliphatic heterocycles. The lowest BCUT2D eigenvalue weighted by Crippen LogP contribution is -2.47. The summed E-state index contributed by atoms with van der Waals surface area (Å²) in [6.45, 7) is 0.0188. The monoisotopic (exact) mass is 261 g/mol. The lowest BCUT2D eigenvalue weighted by molar-refractivity contribution is -0.145. The minimum absolute atomic E-state index is 0.0188. The van der Waals surface area contributed by atoms with E-state index in [9.17, 15) is 19.2 Å². The van der Waals surface area contributed by atoms with Gasteiger partial charge in [-0.15, -0.1) is 0 Å². The molecule has 0 aromatic heterocycles. The van der Waals surface area contributed by atoms with Crippen LogP contribution in [0.5, 0.6) is 0 Å². The second-order valence-corrected chi connectivity index (χ2v) is 3.31. The van der Waals surface area contributed by atoms with E-state index in [0.717, 1.165) is 0 Å². The second-order valence-electron chi connectivity index (χ2n) is 3.31. The first-order valence-electron chi connectivity index (χ1n) is 5.06. The maximum atomic E-state index is 11.2. The van der Waals surface area contributed by atoms with Gasteiger partial charge < -0.3 is 26.2 Å². The molecule has 0 aliphatic rings. The number of hydrogen-bond acceptors (Lipinski definition) is 4. The summed E-state index contributed by atoms with van der Waals surface area (Å²) in [5.41, 5.74) is 0. The summed E-state index contributed by atoms with van der Waals surface area (Å²) in [4.78, 5) is 43.0. The van der Waals surface area contributed by atoms with E-state index in [2.05, 4.69) is 10.6 Å². The van der Waals surface area contributed by atoms with E-state index in [-0.39, 0.29) is 18.9 Å². The Hall–Kier alpha value is -2.32. The van der Waals surface area contributed by atoms with Crippen molar-refractivity contribution in [1.29, 1.82) is 0 Å². The molecule has 0 saturated carbocycles. The van der Waals surface area contributed by atoms with Crippen LogP contribution in [0.25, 0.3) is 0 Å². The molecule has 0 aromatic rings. The maximum absolute atomic E-state index is 11.2. The third-order valence-corrected chi connectivity index (χ3v) is 1.90. The van der Waals surface area contributed by atoms with Crippen LogP contribution in [0.4, 0.5) is 4.79 Å². The molecule has 0 rings (SSSR count). The van der Waals surface area contributed by atoms with Gasteiger partial charge in [0.15, 0.2) is 0 Å². The van der Waals surface area contributed by atoms with E-state index in [1.807, 2.05) is 5.32 Å². The van der Waals surface area contributed by atoms with Crippen molar-refractivity contribution in [3.05, 3.63) is 0 Å². The third kappa shape index (κ3) is 7.04. The number of nitrogens with one attached hydrogen (secondary N) is 3. The Morgan fingerprint density at radius 3 is 2.22 bits per heavy atom. The number of carbonyl (C=O) groups is 4. The van der Waals surface area contributed by atoms with Crippen molar-refractivity contribution in [3.8, 4) is 0 Å². The van der Waals surface area contributed by atoms with Crippen molar-refractivity contribution in [2.24, 2.45) is 0 Å². The van der Waals surface area contributed by atoms with Gasteiger partial charge in [-0.3, -0.25) is 9.59 Å². The van der Waals surface area contributed by atoms with E-state index in [1.54, 1.807) is 0 Å². The summed E-state index contributed by atoms with van der Waals surface area (Å²) >= 11 is 0. The zero-order valence-electron chi connectivity index (χ0n) is 9.73. The molecule has 0 aromatic carbocycles. The zero-order chi connectivity index (χ0) is 14.1. The summed E-state index contributed by atoms with van der Waals surface area (Å²) in [6, 6.07) is -2.35. The first kappa shape index (κ1) is 15.7. The van der Waals surface area contributed by atoms with Gasteiger partial charge >= 0.3 is 18.0 Å². The Bertz CT molecular complexity index is 343. The van der Waals surface area contributed by atoms with E-state index in [4.69, 9.17) is 10.2 Å². The predicted octanol–water partition coefficient (Wildman–Crippen LogP) is -1.65. The molecule has 0 heterocycles. The maximum Gasteiger partial charge on any atom is 0.326 e. The van der Waals surface area contributed by atoms with Crippen LogP contribution in [-0.2, 0) is 14.4 Å². The standard InChI is InChI=1S/C9H15N3O6/c1-10-6(13)2-3-11-9(18)12-5(8(16)17)4-7(14)15/h5H,2-4H2,1H3,(H,10,13)(H,14,15)(H,16,17)(H2,11,12,18)/t5-/m0/s1. The molecule has 0 saturated heterocycles. The van der Waals surface area contributed by atoms with Gasteiger partial charge in [0.25, 0.3) is 0 Å². The predicted molar refractivity (Wildman–Crippen MR) is 58.9 cm³/mol. The molecule has 0 bridgehead atoms. The van der Waals surface area contributed by atoms with Crippen molar-refractivity contribution < 1.29 is 29.4 Å². The number of carbonyl (C=O) groups excluding carboxylic acids is 2. The van der Waals surface area contributed by atoms with Gasteiger partial charge in [0.05, 0.1) is 6.42 Å². The summed E-state index contributed by atoms with van der Waals surface area (Å²) in [5, 5.41) is 23.6. The van der Waals surface area contributed by atoms with Crippen molar-refractivity contribution in [1.82, 2.24) is 16.0 Å². The second kappa shape index (κ2) is 7.87. The zero-order valence-corrected chi connectivity index (χ0v) is 9.73. The summed E-state index contributed by atoms with van der Waals surface area (Å²) in [6.07, 6.45) is -0.682. The fourth-order valence-electron chi connectivity index (χ4n) is 0.999. The van der Waals surface area contributed by atoms with Gasteiger partial charge in [-0.05, 0) is 0 Å². The number of rotatable bonds is 7. The van der Waals surface area contributed by atoms with E-state index in [1.165, 1.54) is 7.05 Å². The van der Waals surface area contributed by atoms with Crippen LogP contribution in [0.1, 0.15) is 12.8 Å². The van der Waals surface area contributed by atoms with Gasteiger partial charge in [-0.25, -0.2) is 9.59 Å². The molecular formula is C9H15N3O6. The lowest BCUT2D eigenvalue weighted by Gasteiger charge is -2.12. The number of aliphatic carboxylic acids is 2. The molecular weight excluding hydrogens is 246 g/mol. The molecule has 0 unspecified atom stereocenters. The third-order valence-electron chi connectivity index (χ3n) is 1.90. The normalized spacial score (nSPS) is 11.2. The molecule has 9 heteroatoms. The van der Waals surface area contributed by atoms with Crippen LogP contribution in [0.15, 0.2) is 0 Å². The van der Waals surface area contributed by atoms with Crippen molar-refractivity contribution in [3.63, 3.8) is 0 Å². The smallest absolute Gasteiger partial charge is 0.326 e. The van der Waals surface area contributed by atoms with Crippen molar-refractivity contribution >= 4 is 23.9 Å². The summed E-state index contributed by atoms with van der Waals surface area (Å²) < 4.78 is 0. The number of carboxylic acid groups (broad SMARTS) is 2. The molecule has 0 radical (unpaired) electrons. The number of hydrogen-bond donors (Lipinski definition) is 5. The largest absolute Gasteiger partial charge is 0.481 e. The Balaban J connectivity index is 4.06. The van der Waals surface area contributed by atoms with Crippen LogP contribution in [0.2, 0.25) is 0 Å². The molecule has 18 heavy (non-hydrogen) atoms. The average molecular weight is 261 g/mol.